The van der Waals surface area contributed by atoms with Crippen molar-refractivity contribution in [3.05, 3.63) is 29.4 Å². The third-order valence-electron chi connectivity index (χ3n) is 2.75. The fourth-order valence-corrected chi connectivity index (χ4v) is 2.58. The van der Waals surface area contributed by atoms with E-state index in [0.717, 1.165) is 10.2 Å². The molecule has 8 heteroatoms. The number of nitrogens with two attached hydrogens (primary N) is 1. The predicted molar refractivity (Wildman–Crippen MR) is 77.0 cm³/mol. The highest BCUT2D eigenvalue weighted by molar-refractivity contribution is 7.16. The van der Waals surface area contributed by atoms with Crippen LogP contribution in [0.4, 0.5) is 5.95 Å². The van der Waals surface area contributed by atoms with E-state index in [1.807, 2.05) is 11.4 Å². The molecule has 0 saturated carbocycles. The number of nitrogen functional groups attached to an aromatic ring is 1. The maximum atomic E-state index is 11.9. The molecule has 3 rings (SSSR count). The van der Waals surface area contributed by atoms with Gasteiger partial charge in [0.15, 0.2) is 11.5 Å². The van der Waals surface area contributed by atoms with Gasteiger partial charge in [0, 0.05) is 20.3 Å². The van der Waals surface area contributed by atoms with E-state index in [1.165, 1.54) is 16.2 Å². The number of hydrogen-bond acceptors (Lipinski definition) is 6. The molecule has 1 amide bonds. The number of anilines is 1. The summed E-state index contributed by atoms with van der Waals surface area (Å²) >= 11 is 1.48. The highest BCUT2D eigenvalue weighted by Gasteiger charge is 2.15. The van der Waals surface area contributed by atoms with Gasteiger partial charge in [0.1, 0.15) is 4.83 Å². The van der Waals surface area contributed by atoms with Crippen LogP contribution in [0.3, 0.4) is 0 Å². The summed E-state index contributed by atoms with van der Waals surface area (Å²) in [5, 5.41) is 7.03. The lowest BCUT2D eigenvalue weighted by molar-refractivity contribution is 0.0821. The van der Waals surface area contributed by atoms with Gasteiger partial charge >= 0.3 is 0 Å². The molecule has 0 atom stereocenters. The van der Waals surface area contributed by atoms with Crippen LogP contribution in [-0.2, 0) is 0 Å². The lowest BCUT2D eigenvalue weighted by Crippen LogP contribution is -2.22. The number of hydrogen-bond donors (Lipinski definition) is 1. The molecule has 0 bridgehead atoms. The van der Waals surface area contributed by atoms with Crippen LogP contribution in [0.15, 0.2) is 23.7 Å². The minimum absolute atomic E-state index is 0.160. The van der Waals surface area contributed by atoms with Gasteiger partial charge in [-0.3, -0.25) is 4.79 Å². The van der Waals surface area contributed by atoms with Crippen molar-refractivity contribution in [3.8, 4) is 5.82 Å². The van der Waals surface area contributed by atoms with E-state index in [9.17, 15) is 4.79 Å². The van der Waals surface area contributed by atoms with Crippen LogP contribution in [0.5, 0.6) is 0 Å². The Morgan fingerprint density at radius 3 is 2.90 bits per heavy atom. The Balaban J connectivity index is 2.12. The maximum absolute atomic E-state index is 11.9. The Hall–Kier alpha value is -2.48. The highest BCUT2D eigenvalue weighted by atomic mass is 32.1. The van der Waals surface area contributed by atoms with Crippen molar-refractivity contribution in [3.63, 3.8) is 0 Å². The van der Waals surface area contributed by atoms with Crippen LogP contribution in [0.2, 0.25) is 0 Å². The Labute approximate surface area is 118 Å². The molecule has 102 valence electrons. The van der Waals surface area contributed by atoms with E-state index in [2.05, 4.69) is 15.1 Å². The van der Waals surface area contributed by atoms with Crippen LogP contribution in [-0.4, -0.2) is 44.7 Å². The van der Waals surface area contributed by atoms with E-state index in [1.54, 1.807) is 31.0 Å². The third-order valence-corrected chi connectivity index (χ3v) is 3.56. The molecule has 2 N–H and O–H groups in total. The van der Waals surface area contributed by atoms with Crippen molar-refractivity contribution >= 4 is 33.4 Å². The number of carbonyl (C=O) groups is 1. The summed E-state index contributed by atoms with van der Waals surface area (Å²) in [7, 11) is 3.36. The molecular weight excluding hydrogens is 276 g/mol. The topological polar surface area (TPSA) is 89.9 Å². The number of nitrogens with zero attached hydrogens (tertiary/aromatic N) is 5. The Bertz CT molecular complexity index is 790. The quantitative estimate of drug-likeness (QED) is 0.764. The van der Waals surface area contributed by atoms with Crippen molar-refractivity contribution in [2.75, 3.05) is 19.8 Å². The summed E-state index contributed by atoms with van der Waals surface area (Å²) in [6, 6.07) is 3.56. The van der Waals surface area contributed by atoms with E-state index in [0.29, 0.717) is 11.5 Å². The molecular formula is C12H12N6OS. The number of aromatic nitrogens is 4. The molecule has 0 saturated heterocycles. The standard InChI is InChI=1S/C12H12N6OS/c1-17(2)11(19)8-3-5-18(16-8)9-7-4-6-20-10(7)15-12(13)14-9/h3-6H,1-2H3,(H2,13,14,15). The summed E-state index contributed by atoms with van der Waals surface area (Å²) < 4.78 is 1.55. The Kier molecular flexibility index (Phi) is 2.87. The first-order valence-electron chi connectivity index (χ1n) is 5.84. The lowest BCUT2D eigenvalue weighted by atomic mass is 10.4. The molecule has 3 heterocycles. The van der Waals surface area contributed by atoms with E-state index in [4.69, 9.17) is 5.73 Å². The second-order valence-corrected chi connectivity index (χ2v) is 5.28. The fourth-order valence-electron chi connectivity index (χ4n) is 1.82. The van der Waals surface area contributed by atoms with E-state index >= 15 is 0 Å². The van der Waals surface area contributed by atoms with Crippen LogP contribution >= 0.6 is 11.3 Å². The van der Waals surface area contributed by atoms with Gasteiger partial charge in [-0.25, -0.2) is 9.67 Å². The number of amides is 1. The molecule has 0 spiro atoms. The second-order valence-electron chi connectivity index (χ2n) is 4.39. The molecule has 0 radical (unpaired) electrons. The summed E-state index contributed by atoms with van der Waals surface area (Å²) in [6.07, 6.45) is 1.69. The van der Waals surface area contributed by atoms with E-state index in [-0.39, 0.29) is 11.9 Å². The molecule has 0 aliphatic rings. The zero-order valence-electron chi connectivity index (χ0n) is 10.9. The van der Waals surface area contributed by atoms with Crippen LogP contribution in [0.1, 0.15) is 10.5 Å². The molecule has 0 aliphatic heterocycles. The van der Waals surface area contributed by atoms with Crippen LogP contribution in [0.25, 0.3) is 16.0 Å². The molecule has 3 aromatic heterocycles. The zero-order chi connectivity index (χ0) is 14.3. The number of fused-ring (bicyclic) bond motifs is 1. The molecule has 3 aromatic rings. The monoisotopic (exact) mass is 288 g/mol. The third kappa shape index (κ3) is 1.99. The molecule has 20 heavy (non-hydrogen) atoms. The van der Waals surface area contributed by atoms with Crippen molar-refractivity contribution in [1.29, 1.82) is 0 Å². The number of thiophene rings is 1. The molecule has 0 fully saturated rings. The zero-order valence-corrected chi connectivity index (χ0v) is 11.8. The smallest absolute Gasteiger partial charge is 0.273 e. The van der Waals surface area contributed by atoms with Gasteiger partial charge in [-0.15, -0.1) is 11.3 Å². The molecule has 0 aromatic carbocycles. The van der Waals surface area contributed by atoms with Gasteiger partial charge < -0.3 is 10.6 Å². The Morgan fingerprint density at radius 1 is 1.35 bits per heavy atom. The highest BCUT2D eigenvalue weighted by Crippen LogP contribution is 2.24. The first kappa shape index (κ1) is 12.5. The average molecular weight is 288 g/mol. The largest absolute Gasteiger partial charge is 0.368 e. The van der Waals surface area contributed by atoms with Crippen molar-refractivity contribution < 1.29 is 4.79 Å². The second kappa shape index (κ2) is 4.57. The number of rotatable bonds is 2. The fraction of sp³-hybridized carbons (Fsp3) is 0.167. The van der Waals surface area contributed by atoms with Gasteiger partial charge in [-0.2, -0.15) is 10.1 Å². The first-order valence-corrected chi connectivity index (χ1v) is 6.72. The van der Waals surface area contributed by atoms with Crippen LogP contribution < -0.4 is 5.73 Å². The first-order chi connectivity index (χ1) is 9.56. The van der Waals surface area contributed by atoms with Gasteiger partial charge in [0.2, 0.25) is 5.95 Å². The maximum Gasteiger partial charge on any atom is 0.273 e. The molecule has 0 aliphatic carbocycles. The van der Waals surface area contributed by atoms with Crippen molar-refractivity contribution in [2.45, 2.75) is 0 Å². The lowest BCUT2D eigenvalue weighted by Gasteiger charge is -2.07. The predicted octanol–water partition coefficient (Wildman–Crippen LogP) is 1.16. The number of carbonyl (C=O) groups excluding carboxylic acids is 1. The van der Waals surface area contributed by atoms with E-state index < -0.39 is 0 Å². The summed E-state index contributed by atoms with van der Waals surface area (Å²) in [4.78, 5) is 22.5. The van der Waals surface area contributed by atoms with Crippen molar-refractivity contribution in [1.82, 2.24) is 24.6 Å². The normalized spacial score (nSPS) is 10.9. The summed E-state index contributed by atoms with van der Waals surface area (Å²) in [6.45, 7) is 0. The Morgan fingerprint density at radius 2 is 2.15 bits per heavy atom. The van der Waals surface area contributed by atoms with Crippen LogP contribution in [0, 0.1) is 0 Å². The van der Waals surface area contributed by atoms with Crippen molar-refractivity contribution in [2.24, 2.45) is 0 Å². The SMILES string of the molecule is CN(C)C(=O)c1ccn(-c2nc(N)nc3sccc23)n1. The summed E-state index contributed by atoms with van der Waals surface area (Å²) in [5.74, 6) is 0.602. The van der Waals surface area contributed by atoms with Gasteiger partial charge in [-0.1, -0.05) is 0 Å². The molecule has 7 nitrogen and oxygen atoms in total. The van der Waals surface area contributed by atoms with Gasteiger partial charge in [-0.05, 0) is 17.5 Å². The van der Waals surface area contributed by atoms with Gasteiger partial charge in [0.25, 0.3) is 5.91 Å². The average Bonchev–Trinajstić information content (AvgIpc) is 3.05. The van der Waals surface area contributed by atoms with Gasteiger partial charge in [0.05, 0.1) is 5.39 Å². The molecule has 0 unspecified atom stereocenters. The minimum atomic E-state index is -0.160. The summed E-state index contributed by atoms with van der Waals surface area (Å²) in [5.41, 5.74) is 6.06. The minimum Gasteiger partial charge on any atom is -0.368 e.